The Morgan fingerprint density at radius 3 is 2.52 bits per heavy atom. The minimum atomic E-state index is 0.191. The van der Waals surface area contributed by atoms with Crippen LogP contribution >= 0.6 is 0 Å². The van der Waals surface area contributed by atoms with Gasteiger partial charge in [-0.2, -0.15) is 0 Å². The zero-order valence-corrected chi connectivity index (χ0v) is 12.8. The summed E-state index contributed by atoms with van der Waals surface area (Å²) in [5, 5.41) is 11.6. The second-order valence-corrected chi connectivity index (χ2v) is 5.76. The summed E-state index contributed by atoms with van der Waals surface area (Å²) >= 11 is 0. The topological polar surface area (TPSA) is 46.0 Å². The molecule has 0 spiro atoms. The molecule has 5 heteroatoms. The van der Waals surface area contributed by atoms with Crippen LogP contribution in [0.4, 0.5) is 5.69 Å². The molecule has 1 saturated heterocycles. The Morgan fingerprint density at radius 2 is 1.90 bits per heavy atom. The molecule has 1 atom stereocenters. The first-order valence-corrected chi connectivity index (χ1v) is 7.65. The summed E-state index contributed by atoms with van der Waals surface area (Å²) in [4.78, 5) is 2.46. The van der Waals surface area contributed by atoms with Gasteiger partial charge in [0.25, 0.3) is 0 Å². The van der Waals surface area contributed by atoms with Crippen LogP contribution in [0.3, 0.4) is 0 Å². The maximum Gasteiger partial charge on any atom is 0.149 e. The predicted molar refractivity (Wildman–Crippen MR) is 84.1 cm³/mol. The van der Waals surface area contributed by atoms with Gasteiger partial charge >= 0.3 is 0 Å². The van der Waals surface area contributed by atoms with Gasteiger partial charge in [0, 0.05) is 32.4 Å². The van der Waals surface area contributed by atoms with Crippen LogP contribution < -0.4 is 10.2 Å². The van der Waals surface area contributed by atoms with Gasteiger partial charge in [0.1, 0.15) is 12.2 Å². The van der Waals surface area contributed by atoms with E-state index < -0.39 is 0 Å². The molecular formula is C16H23N5. The number of benzene rings is 1. The van der Waals surface area contributed by atoms with Crippen LogP contribution in [0.2, 0.25) is 0 Å². The Balaban J connectivity index is 1.57. The van der Waals surface area contributed by atoms with Crippen LogP contribution in [0.1, 0.15) is 37.2 Å². The SMILES string of the molecule is CC(NCc1ccc(N2CCCC2)cc1)c1nncn1C. The molecule has 0 radical (unpaired) electrons. The Morgan fingerprint density at radius 1 is 1.19 bits per heavy atom. The van der Waals surface area contributed by atoms with Gasteiger partial charge in [0.15, 0.2) is 0 Å². The van der Waals surface area contributed by atoms with E-state index in [1.54, 1.807) is 6.33 Å². The van der Waals surface area contributed by atoms with Crippen molar-refractivity contribution in [3.8, 4) is 0 Å². The fraction of sp³-hybridized carbons (Fsp3) is 0.500. The van der Waals surface area contributed by atoms with Crippen molar-refractivity contribution in [2.75, 3.05) is 18.0 Å². The summed E-state index contributed by atoms with van der Waals surface area (Å²) in [7, 11) is 1.97. The van der Waals surface area contributed by atoms with Crippen LogP contribution in [0.5, 0.6) is 0 Å². The van der Waals surface area contributed by atoms with Crippen LogP contribution in [0.15, 0.2) is 30.6 Å². The highest BCUT2D eigenvalue weighted by Crippen LogP contribution is 2.20. The molecule has 2 aromatic rings. The van der Waals surface area contributed by atoms with Crippen molar-refractivity contribution < 1.29 is 0 Å². The van der Waals surface area contributed by atoms with E-state index in [1.807, 2.05) is 11.6 Å². The lowest BCUT2D eigenvalue weighted by atomic mass is 10.2. The second-order valence-electron chi connectivity index (χ2n) is 5.76. The molecule has 1 aromatic heterocycles. The number of nitrogens with zero attached hydrogens (tertiary/aromatic N) is 4. The molecule has 1 N–H and O–H groups in total. The third-order valence-electron chi connectivity index (χ3n) is 4.15. The monoisotopic (exact) mass is 285 g/mol. The molecule has 0 saturated carbocycles. The lowest BCUT2D eigenvalue weighted by Gasteiger charge is -2.18. The molecule has 1 unspecified atom stereocenters. The molecule has 1 fully saturated rings. The van der Waals surface area contributed by atoms with Crippen LogP contribution in [0, 0.1) is 0 Å². The van der Waals surface area contributed by atoms with E-state index in [0.717, 1.165) is 12.4 Å². The number of nitrogens with one attached hydrogen (secondary N) is 1. The number of hydrogen-bond acceptors (Lipinski definition) is 4. The van der Waals surface area contributed by atoms with Gasteiger partial charge in [0.2, 0.25) is 0 Å². The van der Waals surface area contributed by atoms with E-state index in [9.17, 15) is 0 Å². The smallest absolute Gasteiger partial charge is 0.149 e. The van der Waals surface area contributed by atoms with Crippen molar-refractivity contribution in [2.45, 2.75) is 32.4 Å². The summed E-state index contributed by atoms with van der Waals surface area (Å²) in [5.41, 5.74) is 2.64. The number of rotatable bonds is 5. The summed E-state index contributed by atoms with van der Waals surface area (Å²) in [5.74, 6) is 0.962. The molecule has 0 aliphatic carbocycles. The normalized spacial score (nSPS) is 16.4. The maximum atomic E-state index is 4.14. The highest BCUT2D eigenvalue weighted by Gasteiger charge is 2.13. The molecule has 1 aliphatic heterocycles. The summed E-state index contributed by atoms with van der Waals surface area (Å²) in [6.07, 6.45) is 4.37. The van der Waals surface area contributed by atoms with Crippen LogP contribution in [-0.2, 0) is 13.6 Å². The average molecular weight is 285 g/mol. The quantitative estimate of drug-likeness (QED) is 0.915. The summed E-state index contributed by atoms with van der Waals surface area (Å²) in [6.45, 7) is 5.35. The van der Waals surface area contributed by atoms with E-state index in [0.29, 0.717) is 0 Å². The lowest BCUT2D eigenvalue weighted by Crippen LogP contribution is -2.21. The molecule has 3 rings (SSSR count). The number of aryl methyl sites for hydroxylation is 1. The van der Waals surface area contributed by atoms with E-state index in [4.69, 9.17) is 0 Å². The molecule has 0 amide bonds. The Labute approximate surface area is 126 Å². The van der Waals surface area contributed by atoms with Gasteiger partial charge in [0.05, 0.1) is 6.04 Å². The molecule has 112 valence electrons. The molecule has 1 aromatic carbocycles. The van der Waals surface area contributed by atoms with Crippen molar-refractivity contribution in [3.63, 3.8) is 0 Å². The first kappa shape index (κ1) is 14.1. The highest BCUT2D eigenvalue weighted by atomic mass is 15.3. The molecule has 2 heterocycles. The molecular weight excluding hydrogens is 262 g/mol. The van der Waals surface area contributed by atoms with Gasteiger partial charge in [-0.25, -0.2) is 0 Å². The van der Waals surface area contributed by atoms with Gasteiger partial charge in [-0.1, -0.05) is 12.1 Å². The van der Waals surface area contributed by atoms with Gasteiger partial charge in [-0.3, -0.25) is 0 Å². The largest absolute Gasteiger partial charge is 0.372 e. The molecule has 21 heavy (non-hydrogen) atoms. The van der Waals surface area contributed by atoms with Crippen molar-refractivity contribution in [2.24, 2.45) is 7.05 Å². The minimum Gasteiger partial charge on any atom is -0.372 e. The van der Waals surface area contributed by atoms with E-state index in [2.05, 4.69) is 51.6 Å². The third kappa shape index (κ3) is 3.24. The first-order chi connectivity index (χ1) is 10.2. The van der Waals surface area contributed by atoms with Gasteiger partial charge < -0.3 is 14.8 Å². The number of anilines is 1. The highest BCUT2D eigenvalue weighted by molar-refractivity contribution is 5.48. The van der Waals surface area contributed by atoms with Crippen molar-refractivity contribution >= 4 is 5.69 Å². The standard InChI is InChI=1S/C16H23N5/c1-13(16-19-18-12-20(16)2)17-11-14-5-7-15(8-6-14)21-9-3-4-10-21/h5-8,12-13,17H,3-4,9-11H2,1-2H3. The van der Waals surface area contributed by atoms with Gasteiger partial charge in [-0.05, 0) is 37.5 Å². The fourth-order valence-electron chi connectivity index (χ4n) is 2.85. The summed E-state index contributed by atoms with van der Waals surface area (Å²) < 4.78 is 1.95. The van der Waals surface area contributed by atoms with Crippen molar-refractivity contribution in [1.29, 1.82) is 0 Å². The van der Waals surface area contributed by atoms with Crippen molar-refractivity contribution in [3.05, 3.63) is 42.0 Å². The molecule has 5 nitrogen and oxygen atoms in total. The molecule has 1 aliphatic rings. The number of aromatic nitrogens is 3. The minimum absolute atomic E-state index is 0.191. The van der Waals surface area contributed by atoms with Crippen LogP contribution in [-0.4, -0.2) is 27.9 Å². The zero-order chi connectivity index (χ0) is 14.7. The lowest BCUT2D eigenvalue weighted by molar-refractivity contribution is 0.528. The third-order valence-corrected chi connectivity index (χ3v) is 4.15. The zero-order valence-electron chi connectivity index (χ0n) is 12.8. The Kier molecular flexibility index (Phi) is 4.20. The maximum absolute atomic E-state index is 4.14. The Bertz CT molecular complexity index is 569. The second kappa shape index (κ2) is 6.26. The average Bonchev–Trinajstić information content (AvgIpc) is 3.16. The Hall–Kier alpha value is -1.88. The van der Waals surface area contributed by atoms with Gasteiger partial charge in [-0.15, -0.1) is 10.2 Å². The molecule has 0 bridgehead atoms. The number of hydrogen-bond donors (Lipinski definition) is 1. The van der Waals surface area contributed by atoms with E-state index in [1.165, 1.54) is 37.2 Å². The first-order valence-electron chi connectivity index (χ1n) is 7.65. The predicted octanol–water partition coefficient (Wildman–Crippen LogP) is 2.27. The van der Waals surface area contributed by atoms with Crippen LogP contribution in [0.25, 0.3) is 0 Å². The fourth-order valence-corrected chi connectivity index (χ4v) is 2.85. The van der Waals surface area contributed by atoms with E-state index >= 15 is 0 Å². The van der Waals surface area contributed by atoms with E-state index in [-0.39, 0.29) is 6.04 Å². The van der Waals surface area contributed by atoms with Crippen molar-refractivity contribution in [1.82, 2.24) is 20.1 Å². The summed E-state index contributed by atoms with van der Waals surface area (Å²) in [6, 6.07) is 9.08.